The van der Waals surface area contributed by atoms with Gasteiger partial charge in [0.25, 0.3) is 0 Å². The van der Waals surface area contributed by atoms with Crippen LogP contribution in [0.4, 0.5) is 0 Å². The third kappa shape index (κ3) is 6.76. The summed E-state index contributed by atoms with van der Waals surface area (Å²) in [6, 6.07) is 13.8. The van der Waals surface area contributed by atoms with Gasteiger partial charge in [-0.1, -0.05) is 35.4 Å². The van der Waals surface area contributed by atoms with Crippen molar-refractivity contribution in [2.24, 2.45) is 0 Å². The summed E-state index contributed by atoms with van der Waals surface area (Å²) >= 11 is 0. The second kappa shape index (κ2) is 9.38. The van der Waals surface area contributed by atoms with Gasteiger partial charge in [-0.05, 0) is 38.1 Å². The van der Waals surface area contributed by atoms with E-state index in [0.29, 0.717) is 0 Å². The molecular formula is C18H20O5. The number of esters is 1. The molecule has 0 saturated carbocycles. The van der Waals surface area contributed by atoms with E-state index in [1.54, 1.807) is 0 Å². The second-order valence-electron chi connectivity index (χ2n) is 4.90. The normalized spacial score (nSPS) is 9.52. The van der Waals surface area contributed by atoms with Gasteiger partial charge in [-0.2, -0.15) is 0 Å². The van der Waals surface area contributed by atoms with Crippen LogP contribution in [0.2, 0.25) is 0 Å². The number of aliphatic hydroxyl groups is 1. The maximum atomic E-state index is 11.2. The number of hydrogen-bond acceptors (Lipinski definition) is 4. The van der Waals surface area contributed by atoms with E-state index >= 15 is 0 Å². The molecule has 0 aliphatic rings. The Labute approximate surface area is 135 Å². The average molecular weight is 316 g/mol. The monoisotopic (exact) mass is 316 g/mol. The van der Waals surface area contributed by atoms with Crippen LogP contribution in [0.15, 0.2) is 48.5 Å². The number of carbonyl (C=O) groups excluding carboxylic acids is 1. The molecule has 0 aliphatic heterocycles. The summed E-state index contributed by atoms with van der Waals surface area (Å²) in [5.41, 5.74) is 3.02. The molecular weight excluding hydrogens is 296 g/mol. The molecule has 0 radical (unpaired) electrons. The van der Waals surface area contributed by atoms with Crippen molar-refractivity contribution in [1.82, 2.24) is 0 Å². The minimum absolute atomic E-state index is 0.0699. The van der Waals surface area contributed by atoms with Crippen LogP contribution >= 0.6 is 0 Å². The van der Waals surface area contributed by atoms with Gasteiger partial charge in [0.15, 0.2) is 0 Å². The van der Waals surface area contributed by atoms with Crippen LogP contribution in [0, 0.1) is 13.8 Å². The van der Waals surface area contributed by atoms with Crippen LogP contribution in [-0.4, -0.2) is 35.4 Å². The zero-order valence-electron chi connectivity index (χ0n) is 13.2. The Morgan fingerprint density at radius 1 is 0.870 bits per heavy atom. The molecule has 2 rings (SSSR count). The third-order valence-electron chi connectivity index (χ3n) is 2.91. The van der Waals surface area contributed by atoms with E-state index in [4.69, 9.17) is 10.2 Å². The Balaban J connectivity index is 0.000000277. The van der Waals surface area contributed by atoms with Gasteiger partial charge in [0.05, 0.1) is 17.7 Å². The maximum Gasteiger partial charge on any atom is 0.338 e. The fourth-order valence-corrected chi connectivity index (χ4v) is 1.61. The first-order valence-corrected chi connectivity index (χ1v) is 7.08. The number of aryl methyl sites for hydroxylation is 2. The molecule has 0 atom stereocenters. The number of ether oxygens (including phenoxy) is 1. The molecule has 2 aromatic rings. The lowest BCUT2D eigenvalue weighted by Crippen LogP contribution is -2.09. The molecule has 5 nitrogen and oxygen atoms in total. The molecule has 0 bridgehead atoms. The Morgan fingerprint density at radius 3 is 1.70 bits per heavy atom. The maximum absolute atomic E-state index is 11.2. The first kappa shape index (κ1) is 18.4. The molecule has 23 heavy (non-hydrogen) atoms. The van der Waals surface area contributed by atoms with E-state index in [9.17, 15) is 9.59 Å². The number of aliphatic hydroxyl groups excluding tert-OH is 1. The summed E-state index contributed by atoms with van der Waals surface area (Å²) < 4.78 is 4.64. The van der Waals surface area contributed by atoms with E-state index in [0.717, 1.165) is 0 Å². The number of carboxylic acids is 1. The van der Waals surface area contributed by atoms with Crippen molar-refractivity contribution in [2.75, 3.05) is 13.2 Å². The van der Waals surface area contributed by atoms with Crippen molar-refractivity contribution < 1.29 is 24.5 Å². The quantitative estimate of drug-likeness (QED) is 0.847. The first-order valence-electron chi connectivity index (χ1n) is 7.08. The molecule has 122 valence electrons. The molecule has 0 saturated heterocycles. The summed E-state index contributed by atoms with van der Waals surface area (Å²) in [6.45, 7) is 3.89. The molecule has 2 aromatic carbocycles. The molecule has 2 N–H and O–H groups in total. The van der Waals surface area contributed by atoms with Gasteiger partial charge in [0, 0.05) is 0 Å². The fourth-order valence-electron chi connectivity index (χ4n) is 1.61. The first-order chi connectivity index (χ1) is 10.9. The summed E-state index contributed by atoms with van der Waals surface area (Å²) in [5.74, 6) is -1.63. The number of carbonyl (C=O) groups is 2. The SMILES string of the molecule is Cc1ccc(C)cc1.O=C(O)c1ccc(C(=O)OCCO)cc1. The highest BCUT2D eigenvalue weighted by Crippen LogP contribution is 2.05. The van der Waals surface area contributed by atoms with E-state index in [2.05, 4.69) is 42.8 Å². The standard InChI is InChI=1S/C10H10O5.C8H10/c11-5-6-15-10(14)8-3-1-7(2-4-8)9(12)13;1-7-3-5-8(2)6-4-7/h1-4,11H,5-6H2,(H,12,13);3-6H,1-2H3. The highest BCUT2D eigenvalue weighted by molar-refractivity contribution is 5.92. The summed E-state index contributed by atoms with van der Waals surface area (Å²) in [4.78, 5) is 21.7. The van der Waals surface area contributed by atoms with E-state index in [1.165, 1.54) is 35.4 Å². The molecule has 0 heterocycles. The largest absolute Gasteiger partial charge is 0.478 e. The molecule has 0 aliphatic carbocycles. The van der Waals surface area contributed by atoms with Gasteiger partial charge < -0.3 is 14.9 Å². The van der Waals surface area contributed by atoms with E-state index in [1.807, 2.05) is 0 Å². The molecule has 0 aromatic heterocycles. The highest BCUT2D eigenvalue weighted by Gasteiger charge is 2.08. The summed E-state index contributed by atoms with van der Waals surface area (Å²) in [6.07, 6.45) is 0. The van der Waals surface area contributed by atoms with Crippen LogP contribution < -0.4 is 0 Å². The van der Waals surface area contributed by atoms with Gasteiger partial charge in [0.1, 0.15) is 6.61 Å². The topological polar surface area (TPSA) is 83.8 Å². The zero-order chi connectivity index (χ0) is 17.2. The van der Waals surface area contributed by atoms with Crippen molar-refractivity contribution >= 4 is 11.9 Å². The summed E-state index contributed by atoms with van der Waals surface area (Å²) in [5, 5.41) is 17.0. The molecule has 0 unspecified atom stereocenters. The van der Waals surface area contributed by atoms with Gasteiger partial charge in [-0.25, -0.2) is 9.59 Å². The van der Waals surface area contributed by atoms with Crippen molar-refractivity contribution in [3.05, 3.63) is 70.8 Å². The number of benzene rings is 2. The Hall–Kier alpha value is -2.66. The predicted octanol–water partition coefficient (Wildman–Crippen LogP) is 2.84. The van der Waals surface area contributed by atoms with E-state index in [-0.39, 0.29) is 24.3 Å². The van der Waals surface area contributed by atoms with Crippen LogP contribution in [-0.2, 0) is 4.74 Å². The minimum Gasteiger partial charge on any atom is -0.478 e. The molecule has 0 fully saturated rings. The van der Waals surface area contributed by atoms with Gasteiger partial charge in [0.2, 0.25) is 0 Å². The smallest absolute Gasteiger partial charge is 0.338 e. The second-order valence-corrected chi connectivity index (χ2v) is 4.90. The van der Waals surface area contributed by atoms with E-state index < -0.39 is 11.9 Å². The lowest BCUT2D eigenvalue weighted by Gasteiger charge is -2.02. The number of hydrogen-bond donors (Lipinski definition) is 2. The van der Waals surface area contributed by atoms with Crippen molar-refractivity contribution in [1.29, 1.82) is 0 Å². The minimum atomic E-state index is -1.05. The van der Waals surface area contributed by atoms with Crippen molar-refractivity contribution in [3.8, 4) is 0 Å². The Morgan fingerprint density at radius 2 is 1.30 bits per heavy atom. The van der Waals surface area contributed by atoms with Gasteiger partial charge in [-0.3, -0.25) is 0 Å². The lowest BCUT2D eigenvalue weighted by atomic mass is 10.1. The molecule has 0 amide bonds. The highest BCUT2D eigenvalue weighted by atomic mass is 16.5. The van der Waals surface area contributed by atoms with Crippen LogP contribution in [0.3, 0.4) is 0 Å². The van der Waals surface area contributed by atoms with Crippen LogP contribution in [0.5, 0.6) is 0 Å². The summed E-state index contributed by atoms with van der Waals surface area (Å²) in [7, 11) is 0. The van der Waals surface area contributed by atoms with Crippen LogP contribution in [0.25, 0.3) is 0 Å². The number of rotatable bonds is 4. The lowest BCUT2D eigenvalue weighted by molar-refractivity contribution is 0.0433. The average Bonchev–Trinajstić information content (AvgIpc) is 2.56. The van der Waals surface area contributed by atoms with Crippen molar-refractivity contribution in [3.63, 3.8) is 0 Å². The number of aromatic carboxylic acids is 1. The van der Waals surface area contributed by atoms with Crippen LogP contribution in [0.1, 0.15) is 31.8 Å². The molecule has 5 heteroatoms. The Bertz CT molecular complexity index is 608. The van der Waals surface area contributed by atoms with Crippen molar-refractivity contribution in [2.45, 2.75) is 13.8 Å². The van der Waals surface area contributed by atoms with Gasteiger partial charge >= 0.3 is 11.9 Å². The van der Waals surface area contributed by atoms with Gasteiger partial charge in [-0.15, -0.1) is 0 Å². The third-order valence-corrected chi connectivity index (χ3v) is 2.91. The Kier molecular flexibility index (Phi) is 7.50. The zero-order valence-corrected chi connectivity index (χ0v) is 13.2. The fraction of sp³-hybridized carbons (Fsp3) is 0.222. The number of carboxylic acid groups (broad SMARTS) is 1. The molecule has 0 spiro atoms. The predicted molar refractivity (Wildman–Crippen MR) is 86.7 cm³/mol.